The summed E-state index contributed by atoms with van der Waals surface area (Å²) in [5.41, 5.74) is 0. The van der Waals surface area contributed by atoms with Crippen LogP contribution in [0.2, 0.25) is 6.04 Å². The Kier molecular flexibility index (Phi) is 4.57. The van der Waals surface area contributed by atoms with Gasteiger partial charge in [0, 0.05) is 6.42 Å². The zero-order chi connectivity index (χ0) is 10.7. The monoisotopic (exact) mass is 242 g/mol. The molecule has 0 nitrogen and oxygen atoms in total. The predicted octanol–water partition coefficient (Wildman–Crippen LogP) is 3.19. The first-order chi connectivity index (χ1) is 5.75. The summed E-state index contributed by atoms with van der Waals surface area (Å²) < 4.78 is 71.9. The smallest absolute Gasteiger partial charge is 0.203 e. The molecule has 0 aromatic rings. The summed E-state index contributed by atoms with van der Waals surface area (Å²) in [5, 5.41) is 0. The fourth-order valence-corrected chi connectivity index (χ4v) is 1.22. The molecule has 0 N–H and O–H groups in total. The highest BCUT2D eigenvalue weighted by Gasteiger charge is 2.61. The molecule has 0 heterocycles. The van der Waals surface area contributed by atoms with Gasteiger partial charge in [-0.1, -0.05) is 0 Å². The van der Waals surface area contributed by atoms with Crippen molar-refractivity contribution in [2.75, 3.05) is 0 Å². The molecule has 0 aliphatic carbocycles. The van der Waals surface area contributed by atoms with Gasteiger partial charge in [-0.05, 0) is 6.04 Å². The normalized spacial score (nSPS) is 13.8. The lowest BCUT2D eigenvalue weighted by atomic mass is 10.1. The fourth-order valence-electron chi connectivity index (χ4n) is 0.531. The van der Waals surface area contributed by atoms with Crippen LogP contribution < -0.4 is 0 Å². The number of rotatable bonds is 5. The molecule has 0 saturated carbocycles. The molecule has 0 amide bonds. The van der Waals surface area contributed by atoms with Crippen LogP contribution in [0.3, 0.4) is 0 Å². The zero-order valence-electron chi connectivity index (χ0n) is 6.14. The average molecular weight is 243 g/mol. The van der Waals surface area contributed by atoms with Crippen LogP contribution in [0, 0.1) is 0 Å². The van der Waals surface area contributed by atoms with E-state index in [1.54, 1.807) is 0 Å². The maximum absolute atomic E-state index is 12.4. The maximum atomic E-state index is 12.4. The molecule has 0 aliphatic rings. The van der Waals surface area contributed by atoms with Crippen molar-refractivity contribution in [3.05, 3.63) is 0 Å². The number of hydrogen-bond donors (Lipinski definition) is 0. The Morgan fingerprint density at radius 2 is 1.62 bits per heavy atom. The van der Waals surface area contributed by atoms with E-state index in [-0.39, 0.29) is 0 Å². The quantitative estimate of drug-likeness (QED) is 0.395. The van der Waals surface area contributed by atoms with Crippen LogP contribution in [-0.4, -0.2) is 27.1 Å². The van der Waals surface area contributed by atoms with Gasteiger partial charge in [0.1, 0.15) is 0 Å². The number of halogens is 7. The Bertz CT molecular complexity index is 161. The molecule has 0 rings (SSSR count). The predicted molar refractivity (Wildman–Crippen MR) is 36.9 cm³/mol. The molecular weight excluding hydrogens is 238 g/mol. The lowest BCUT2D eigenvalue weighted by Crippen LogP contribution is -2.46. The van der Waals surface area contributed by atoms with Crippen LogP contribution in [0.25, 0.3) is 0 Å². The molecule has 0 saturated heterocycles. The van der Waals surface area contributed by atoms with Gasteiger partial charge in [-0.3, -0.25) is 0 Å². The lowest BCUT2D eigenvalue weighted by Gasteiger charge is -2.25. The van der Waals surface area contributed by atoms with E-state index < -0.39 is 39.6 Å². The van der Waals surface area contributed by atoms with Gasteiger partial charge in [0.2, 0.25) is 0 Å². The molecule has 0 aliphatic heterocycles. The van der Waals surface area contributed by atoms with Crippen molar-refractivity contribution < 1.29 is 26.3 Å². The maximum Gasteiger partial charge on any atom is 0.369 e. The Morgan fingerprint density at radius 3 is 1.92 bits per heavy atom. The van der Waals surface area contributed by atoms with E-state index in [0.29, 0.717) is 0 Å². The van der Waals surface area contributed by atoms with Crippen molar-refractivity contribution in [3.63, 3.8) is 0 Å². The third-order valence-corrected chi connectivity index (χ3v) is 2.30. The van der Waals surface area contributed by atoms with Crippen molar-refractivity contribution >= 4 is 19.9 Å². The van der Waals surface area contributed by atoms with E-state index in [4.69, 9.17) is 11.1 Å². The van der Waals surface area contributed by atoms with Gasteiger partial charge in [0.15, 0.2) is 8.83 Å². The van der Waals surface area contributed by atoms with Crippen LogP contribution in [-0.2, 0) is 0 Å². The van der Waals surface area contributed by atoms with E-state index in [1.165, 1.54) is 0 Å². The largest absolute Gasteiger partial charge is 0.369 e. The standard InChI is InChI=1S/C5H5ClF6Si/c6-13-2-1-4(9,10)5(11,12)3(7)8/h3H,1-2H2. The van der Waals surface area contributed by atoms with E-state index in [9.17, 15) is 26.3 Å². The summed E-state index contributed by atoms with van der Waals surface area (Å²) >= 11 is 5.00. The van der Waals surface area contributed by atoms with E-state index in [2.05, 4.69) is 0 Å². The molecule has 13 heavy (non-hydrogen) atoms. The van der Waals surface area contributed by atoms with E-state index >= 15 is 0 Å². The highest BCUT2D eigenvalue weighted by molar-refractivity contribution is 6.93. The second-order valence-electron chi connectivity index (χ2n) is 2.26. The van der Waals surface area contributed by atoms with Crippen LogP contribution in [0.1, 0.15) is 6.42 Å². The Hall–Kier alpha value is 0.0869. The third kappa shape index (κ3) is 3.05. The molecule has 0 spiro atoms. The minimum atomic E-state index is -5.27. The van der Waals surface area contributed by atoms with Gasteiger partial charge in [-0.25, -0.2) is 8.78 Å². The minimum Gasteiger partial charge on any atom is -0.203 e. The molecule has 2 radical (unpaired) electrons. The summed E-state index contributed by atoms with van der Waals surface area (Å²) in [6.45, 7) is 0. The van der Waals surface area contributed by atoms with Crippen LogP contribution in [0.4, 0.5) is 26.3 Å². The Morgan fingerprint density at radius 1 is 1.15 bits per heavy atom. The number of alkyl halides is 6. The van der Waals surface area contributed by atoms with Crippen molar-refractivity contribution in [3.8, 4) is 0 Å². The summed E-state index contributed by atoms with van der Waals surface area (Å²) in [4.78, 5) is 0. The second-order valence-corrected chi connectivity index (χ2v) is 3.83. The molecule has 0 bridgehead atoms. The molecule has 0 atom stereocenters. The van der Waals surface area contributed by atoms with Gasteiger partial charge in [-0.2, -0.15) is 28.6 Å². The van der Waals surface area contributed by atoms with Gasteiger partial charge in [0.05, 0.1) is 0 Å². The van der Waals surface area contributed by atoms with E-state index in [0.717, 1.165) is 0 Å². The second kappa shape index (κ2) is 4.54. The molecule has 78 valence electrons. The van der Waals surface area contributed by atoms with Crippen molar-refractivity contribution in [1.29, 1.82) is 0 Å². The van der Waals surface area contributed by atoms with Gasteiger partial charge in [0.25, 0.3) is 0 Å². The van der Waals surface area contributed by atoms with Crippen LogP contribution in [0.5, 0.6) is 0 Å². The lowest BCUT2D eigenvalue weighted by molar-refractivity contribution is -0.264. The Balaban J connectivity index is 4.41. The molecular formula is C5H5ClF6Si. The van der Waals surface area contributed by atoms with Gasteiger partial charge < -0.3 is 0 Å². The summed E-state index contributed by atoms with van der Waals surface area (Å²) in [6.07, 6.45) is -5.69. The molecule has 0 aromatic heterocycles. The van der Waals surface area contributed by atoms with Gasteiger partial charge in [-0.15, -0.1) is 0 Å². The zero-order valence-corrected chi connectivity index (χ0v) is 7.89. The summed E-state index contributed by atoms with van der Waals surface area (Å²) in [6, 6.07) is -0.406. The first-order valence-corrected chi connectivity index (χ1v) is 5.35. The third-order valence-electron chi connectivity index (χ3n) is 1.30. The van der Waals surface area contributed by atoms with E-state index in [1.807, 2.05) is 0 Å². The number of hydrogen-bond acceptors (Lipinski definition) is 0. The SMILES string of the molecule is FC(F)C(F)(F)C(F)(F)CC[Si]Cl. The summed E-state index contributed by atoms with van der Waals surface area (Å²) in [7, 11) is -0.482. The molecule has 0 unspecified atom stereocenters. The van der Waals surface area contributed by atoms with Crippen molar-refractivity contribution in [2.45, 2.75) is 30.7 Å². The topological polar surface area (TPSA) is 0 Å². The summed E-state index contributed by atoms with van der Waals surface area (Å²) in [5.74, 6) is -9.97. The molecule has 0 fully saturated rings. The van der Waals surface area contributed by atoms with Crippen molar-refractivity contribution in [1.82, 2.24) is 0 Å². The molecule has 0 aromatic carbocycles. The fraction of sp³-hybridized carbons (Fsp3) is 1.00. The highest BCUT2D eigenvalue weighted by atomic mass is 35.6. The first-order valence-electron chi connectivity index (χ1n) is 3.13. The van der Waals surface area contributed by atoms with Crippen LogP contribution in [0.15, 0.2) is 0 Å². The molecule has 8 heteroatoms. The van der Waals surface area contributed by atoms with Crippen molar-refractivity contribution in [2.24, 2.45) is 0 Å². The Labute approximate surface area is 77.8 Å². The minimum absolute atomic E-state index is 0.406. The average Bonchev–Trinajstić information content (AvgIpc) is 2.00. The first kappa shape index (κ1) is 13.1. The highest BCUT2D eigenvalue weighted by Crippen LogP contribution is 2.41. The van der Waals surface area contributed by atoms with Crippen LogP contribution >= 0.6 is 11.1 Å². The van der Waals surface area contributed by atoms with Gasteiger partial charge >= 0.3 is 18.3 Å².